The number of carbonyl (C=O) groups is 1. The molecule has 2 aromatic rings. The average Bonchev–Trinajstić information content (AvgIpc) is 2.66. The number of methoxy groups -OCH3 is 1. The third-order valence-corrected chi connectivity index (χ3v) is 4.85. The normalized spacial score (nSPS) is 12.0. The maximum absolute atomic E-state index is 11.8. The van der Waals surface area contributed by atoms with Crippen LogP contribution in [0.1, 0.15) is 37.3 Å². The molecule has 1 amide bonds. The molecule has 0 bridgehead atoms. The molecule has 138 valence electrons. The lowest BCUT2D eigenvalue weighted by atomic mass is 9.99. The minimum Gasteiger partial charge on any atom is -0.496 e. The summed E-state index contributed by atoms with van der Waals surface area (Å²) in [6, 6.07) is 13.5. The van der Waals surface area contributed by atoms with Crippen LogP contribution in [0.5, 0.6) is 11.5 Å². The first-order chi connectivity index (χ1) is 12.5. The number of nitrogens with one attached hydrogen (secondary N) is 1. The molecule has 0 aromatic heterocycles. The monoisotopic (exact) mass is 466 g/mol. The second-order valence-corrected chi connectivity index (χ2v) is 7.02. The number of halogens is 1. The first-order valence-electron chi connectivity index (χ1n) is 8.41. The van der Waals surface area contributed by atoms with Gasteiger partial charge in [0, 0.05) is 0 Å². The van der Waals surface area contributed by atoms with Crippen molar-refractivity contribution < 1.29 is 14.3 Å². The lowest BCUT2D eigenvalue weighted by molar-refractivity contribution is -0.123. The zero-order valence-electron chi connectivity index (χ0n) is 15.2. The lowest BCUT2D eigenvalue weighted by Gasteiger charge is -2.10. The molecule has 5 nitrogen and oxygen atoms in total. The molecule has 0 spiro atoms. The van der Waals surface area contributed by atoms with Gasteiger partial charge in [0.15, 0.2) is 6.61 Å². The van der Waals surface area contributed by atoms with Gasteiger partial charge in [-0.25, -0.2) is 5.43 Å². The van der Waals surface area contributed by atoms with E-state index in [1.165, 1.54) is 5.56 Å². The molecule has 0 saturated carbocycles. The molecule has 0 saturated heterocycles. The average molecular weight is 466 g/mol. The standard InChI is InChI=1S/C20H23IN2O3/c1-4-14(2)16-6-8-17(9-7-16)26-13-20(24)23-22-12-15-5-10-19(25-3)18(21)11-15/h5-12,14H,4,13H2,1-3H3,(H,23,24)/b22-12+/t14-/m1/s1. The molecular weight excluding hydrogens is 443 g/mol. The fourth-order valence-electron chi connectivity index (χ4n) is 2.25. The molecular formula is C20H23IN2O3. The molecule has 26 heavy (non-hydrogen) atoms. The Morgan fingerprint density at radius 3 is 2.62 bits per heavy atom. The van der Waals surface area contributed by atoms with Gasteiger partial charge < -0.3 is 9.47 Å². The minimum atomic E-state index is -0.310. The second kappa shape index (κ2) is 10.2. The van der Waals surface area contributed by atoms with Gasteiger partial charge >= 0.3 is 0 Å². The van der Waals surface area contributed by atoms with Crippen LogP contribution in [0.4, 0.5) is 0 Å². The Morgan fingerprint density at radius 1 is 1.27 bits per heavy atom. The fraction of sp³-hybridized carbons (Fsp3) is 0.300. The molecule has 0 fully saturated rings. The van der Waals surface area contributed by atoms with Crippen LogP contribution in [0.3, 0.4) is 0 Å². The van der Waals surface area contributed by atoms with E-state index in [4.69, 9.17) is 9.47 Å². The maximum atomic E-state index is 11.8. The van der Waals surface area contributed by atoms with Crippen molar-refractivity contribution >= 4 is 34.7 Å². The highest BCUT2D eigenvalue weighted by Crippen LogP contribution is 2.22. The van der Waals surface area contributed by atoms with Gasteiger partial charge in [0.25, 0.3) is 5.91 Å². The summed E-state index contributed by atoms with van der Waals surface area (Å²) in [6.45, 7) is 4.26. The molecule has 1 atom stereocenters. The Labute approximate surface area is 167 Å². The van der Waals surface area contributed by atoms with Crippen molar-refractivity contribution in [1.82, 2.24) is 5.43 Å². The molecule has 0 radical (unpaired) electrons. The number of hydrazone groups is 1. The summed E-state index contributed by atoms with van der Waals surface area (Å²) >= 11 is 2.19. The highest BCUT2D eigenvalue weighted by Gasteiger charge is 2.05. The first kappa shape index (κ1) is 20.2. The van der Waals surface area contributed by atoms with Crippen LogP contribution in [0.15, 0.2) is 47.6 Å². The predicted molar refractivity (Wildman–Crippen MR) is 112 cm³/mol. The summed E-state index contributed by atoms with van der Waals surface area (Å²) in [6.07, 6.45) is 2.67. The van der Waals surface area contributed by atoms with Crippen LogP contribution in [0.25, 0.3) is 0 Å². The van der Waals surface area contributed by atoms with Gasteiger partial charge in [-0.1, -0.05) is 26.0 Å². The number of ether oxygens (including phenoxy) is 2. The predicted octanol–water partition coefficient (Wildman–Crippen LogP) is 4.34. The van der Waals surface area contributed by atoms with Crippen molar-refractivity contribution in [2.75, 3.05) is 13.7 Å². The van der Waals surface area contributed by atoms with Crippen molar-refractivity contribution in [2.24, 2.45) is 5.10 Å². The Balaban J connectivity index is 1.80. The Kier molecular flexibility index (Phi) is 7.90. The topological polar surface area (TPSA) is 59.9 Å². The van der Waals surface area contributed by atoms with E-state index in [0.717, 1.165) is 21.3 Å². The summed E-state index contributed by atoms with van der Waals surface area (Å²) in [5.41, 5.74) is 4.60. The largest absolute Gasteiger partial charge is 0.496 e. The summed E-state index contributed by atoms with van der Waals surface area (Å²) in [5.74, 6) is 1.68. The number of amides is 1. The van der Waals surface area contributed by atoms with E-state index >= 15 is 0 Å². The summed E-state index contributed by atoms with van der Waals surface area (Å²) < 4.78 is 11.7. The van der Waals surface area contributed by atoms with E-state index in [1.807, 2.05) is 42.5 Å². The van der Waals surface area contributed by atoms with Gasteiger partial charge in [-0.3, -0.25) is 4.79 Å². The third-order valence-electron chi connectivity index (χ3n) is 4.01. The number of hydrogen-bond donors (Lipinski definition) is 1. The second-order valence-electron chi connectivity index (χ2n) is 5.85. The van der Waals surface area contributed by atoms with Crippen LogP contribution >= 0.6 is 22.6 Å². The summed E-state index contributed by atoms with van der Waals surface area (Å²) in [5, 5.41) is 3.95. The fourth-order valence-corrected chi connectivity index (χ4v) is 3.01. The number of benzene rings is 2. The van der Waals surface area contributed by atoms with Gasteiger partial charge in [0.2, 0.25) is 0 Å². The smallest absolute Gasteiger partial charge is 0.277 e. The minimum absolute atomic E-state index is 0.0832. The summed E-state index contributed by atoms with van der Waals surface area (Å²) in [4.78, 5) is 11.8. The quantitative estimate of drug-likeness (QED) is 0.358. The molecule has 0 aliphatic heterocycles. The highest BCUT2D eigenvalue weighted by molar-refractivity contribution is 14.1. The van der Waals surface area contributed by atoms with Crippen LogP contribution in [-0.2, 0) is 4.79 Å². The lowest BCUT2D eigenvalue weighted by Crippen LogP contribution is -2.24. The molecule has 2 rings (SSSR count). The van der Waals surface area contributed by atoms with E-state index in [0.29, 0.717) is 11.7 Å². The van der Waals surface area contributed by atoms with Crippen molar-refractivity contribution in [1.29, 1.82) is 0 Å². The Bertz CT molecular complexity index is 760. The zero-order valence-corrected chi connectivity index (χ0v) is 17.3. The molecule has 1 N–H and O–H groups in total. The molecule has 2 aromatic carbocycles. The van der Waals surface area contributed by atoms with E-state index in [1.54, 1.807) is 13.3 Å². The number of nitrogens with zero attached hydrogens (tertiary/aromatic N) is 1. The third kappa shape index (κ3) is 6.01. The Hall–Kier alpha value is -2.09. The molecule has 6 heteroatoms. The van der Waals surface area contributed by atoms with Crippen LogP contribution in [0.2, 0.25) is 0 Å². The van der Waals surface area contributed by atoms with Crippen molar-refractivity contribution in [3.8, 4) is 11.5 Å². The highest BCUT2D eigenvalue weighted by atomic mass is 127. The Morgan fingerprint density at radius 2 is 2.00 bits per heavy atom. The molecule has 0 aliphatic rings. The van der Waals surface area contributed by atoms with Gasteiger partial charge in [-0.05, 0) is 76.4 Å². The number of hydrogen-bond acceptors (Lipinski definition) is 4. The maximum Gasteiger partial charge on any atom is 0.277 e. The van der Waals surface area contributed by atoms with Crippen LogP contribution in [0, 0.1) is 3.57 Å². The van der Waals surface area contributed by atoms with Crippen molar-refractivity contribution in [3.05, 3.63) is 57.2 Å². The number of carbonyl (C=O) groups excluding carboxylic acids is 1. The van der Waals surface area contributed by atoms with Crippen LogP contribution in [-0.4, -0.2) is 25.8 Å². The summed E-state index contributed by atoms with van der Waals surface area (Å²) in [7, 11) is 1.63. The first-order valence-corrected chi connectivity index (χ1v) is 9.49. The van der Waals surface area contributed by atoms with E-state index in [9.17, 15) is 4.79 Å². The van der Waals surface area contributed by atoms with Gasteiger partial charge in [0.1, 0.15) is 11.5 Å². The van der Waals surface area contributed by atoms with Gasteiger partial charge in [0.05, 0.1) is 16.9 Å². The van der Waals surface area contributed by atoms with Crippen LogP contribution < -0.4 is 14.9 Å². The van der Waals surface area contributed by atoms with E-state index in [-0.39, 0.29) is 12.5 Å². The van der Waals surface area contributed by atoms with E-state index in [2.05, 4.69) is 47.0 Å². The number of rotatable bonds is 8. The van der Waals surface area contributed by atoms with E-state index < -0.39 is 0 Å². The molecule has 0 unspecified atom stereocenters. The molecule has 0 heterocycles. The van der Waals surface area contributed by atoms with Gasteiger partial charge in [-0.2, -0.15) is 5.10 Å². The van der Waals surface area contributed by atoms with Crippen molar-refractivity contribution in [2.45, 2.75) is 26.2 Å². The zero-order chi connectivity index (χ0) is 18.9. The van der Waals surface area contributed by atoms with Crippen molar-refractivity contribution in [3.63, 3.8) is 0 Å². The SMILES string of the molecule is CC[C@@H](C)c1ccc(OCC(=O)N/N=C/c2ccc(OC)c(I)c2)cc1. The molecule has 0 aliphatic carbocycles. The van der Waals surface area contributed by atoms with Gasteiger partial charge in [-0.15, -0.1) is 0 Å².